The highest BCUT2D eigenvalue weighted by molar-refractivity contribution is 7.89. The van der Waals surface area contributed by atoms with Crippen LogP contribution in [0.15, 0.2) is 88.4 Å². The fourth-order valence-corrected chi connectivity index (χ4v) is 4.68. The number of rotatable bonds is 8. The van der Waals surface area contributed by atoms with Crippen molar-refractivity contribution in [2.75, 3.05) is 19.5 Å². The number of ether oxygens (including phenoxy) is 1. The van der Waals surface area contributed by atoms with Gasteiger partial charge in [-0.1, -0.05) is 30.3 Å². The predicted molar refractivity (Wildman–Crippen MR) is 127 cm³/mol. The number of carbonyl (C=O) groups excluding carboxylic acids is 1. The Morgan fingerprint density at radius 3 is 2.45 bits per heavy atom. The van der Waals surface area contributed by atoms with Crippen molar-refractivity contribution in [3.8, 4) is 5.75 Å². The first-order chi connectivity index (χ1) is 15.9. The maximum Gasteiger partial charge on any atom is 0.243 e. The van der Waals surface area contributed by atoms with Crippen LogP contribution in [0.25, 0.3) is 11.0 Å². The van der Waals surface area contributed by atoms with Crippen molar-refractivity contribution in [2.24, 2.45) is 0 Å². The predicted octanol–water partition coefficient (Wildman–Crippen LogP) is 4.44. The summed E-state index contributed by atoms with van der Waals surface area (Å²) >= 11 is 0. The first-order valence-corrected chi connectivity index (χ1v) is 11.7. The largest absolute Gasteiger partial charge is 0.497 e. The molecule has 4 rings (SSSR count). The van der Waals surface area contributed by atoms with Gasteiger partial charge >= 0.3 is 0 Å². The Hall–Kier alpha value is -3.62. The van der Waals surface area contributed by atoms with E-state index in [2.05, 4.69) is 5.32 Å². The van der Waals surface area contributed by atoms with Gasteiger partial charge in [-0.2, -0.15) is 4.31 Å². The van der Waals surface area contributed by atoms with Gasteiger partial charge in [0.25, 0.3) is 0 Å². The Bertz CT molecular complexity index is 1360. The second kappa shape index (κ2) is 9.48. The molecule has 0 saturated heterocycles. The third-order valence-corrected chi connectivity index (χ3v) is 7.13. The van der Waals surface area contributed by atoms with Crippen LogP contribution in [0.2, 0.25) is 0 Å². The highest BCUT2D eigenvalue weighted by atomic mass is 32.2. The number of sulfonamides is 1. The summed E-state index contributed by atoms with van der Waals surface area (Å²) in [7, 11) is -0.531. The maximum absolute atomic E-state index is 12.9. The molecule has 7 nitrogen and oxygen atoms in total. The summed E-state index contributed by atoms with van der Waals surface area (Å²) in [5.74, 6) is 0.447. The average Bonchev–Trinajstić information content (AvgIpc) is 3.21. The molecule has 0 fully saturated rings. The number of anilines is 1. The molecule has 0 aliphatic heterocycles. The molecule has 4 aromatic rings. The molecule has 0 spiro atoms. The lowest BCUT2D eigenvalue weighted by Crippen LogP contribution is -2.26. The van der Waals surface area contributed by atoms with Gasteiger partial charge in [0.2, 0.25) is 15.9 Å². The zero-order chi connectivity index (χ0) is 23.4. The van der Waals surface area contributed by atoms with Gasteiger partial charge in [-0.25, -0.2) is 8.42 Å². The van der Waals surface area contributed by atoms with Gasteiger partial charge in [0.1, 0.15) is 11.3 Å². The number of methoxy groups -OCH3 is 1. The van der Waals surface area contributed by atoms with Crippen LogP contribution in [-0.2, 0) is 27.8 Å². The maximum atomic E-state index is 12.9. The third kappa shape index (κ3) is 5.08. The van der Waals surface area contributed by atoms with Crippen LogP contribution in [-0.4, -0.2) is 32.8 Å². The number of carbonyl (C=O) groups is 1. The van der Waals surface area contributed by atoms with Crippen LogP contribution in [0, 0.1) is 0 Å². The van der Waals surface area contributed by atoms with E-state index >= 15 is 0 Å². The Morgan fingerprint density at radius 2 is 1.76 bits per heavy atom. The van der Waals surface area contributed by atoms with Crippen LogP contribution in [0.4, 0.5) is 5.69 Å². The van der Waals surface area contributed by atoms with Gasteiger partial charge in [-0.05, 0) is 42.0 Å². The van der Waals surface area contributed by atoms with Gasteiger partial charge in [0.05, 0.1) is 24.7 Å². The van der Waals surface area contributed by atoms with E-state index in [-0.39, 0.29) is 23.8 Å². The number of fused-ring (bicyclic) bond motifs is 1. The molecule has 3 aromatic carbocycles. The molecule has 0 unspecified atom stereocenters. The van der Waals surface area contributed by atoms with E-state index in [1.165, 1.54) is 16.4 Å². The van der Waals surface area contributed by atoms with E-state index in [1.54, 1.807) is 38.6 Å². The van der Waals surface area contributed by atoms with Crippen LogP contribution < -0.4 is 10.1 Å². The van der Waals surface area contributed by atoms with Crippen molar-refractivity contribution in [1.29, 1.82) is 0 Å². The highest BCUT2D eigenvalue weighted by Crippen LogP contribution is 2.26. The zero-order valence-electron chi connectivity index (χ0n) is 18.3. The summed E-state index contributed by atoms with van der Waals surface area (Å²) in [6.45, 7) is 0.270. The first kappa shape index (κ1) is 22.6. The molecule has 0 aliphatic carbocycles. The standard InChI is InChI=1S/C25H24N2O5S/c1-27(16-18-6-4-3-5-7-18)33(29,30)22-11-8-20(9-12-22)26-25(28)14-19-17-32-24-15-21(31-2)10-13-23(19)24/h3-13,15,17H,14,16H2,1-2H3,(H,26,28). The second-order valence-electron chi connectivity index (χ2n) is 7.62. The molecule has 1 N–H and O–H groups in total. The Kier molecular flexibility index (Phi) is 6.48. The molecule has 0 saturated carbocycles. The molecule has 1 heterocycles. The molecule has 0 atom stereocenters. The normalized spacial score (nSPS) is 11.6. The lowest BCUT2D eigenvalue weighted by atomic mass is 10.1. The van der Waals surface area contributed by atoms with Crippen molar-refractivity contribution in [3.63, 3.8) is 0 Å². The molecule has 8 heteroatoms. The summed E-state index contributed by atoms with van der Waals surface area (Å²) in [4.78, 5) is 12.7. The number of nitrogens with zero attached hydrogens (tertiary/aromatic N) is 1. The van der Waals surface area contributed by atoms with Gasteiger partial charge in [-0.3, -0.25) is 4.79 Å². The SMILES string of the molecule is COc1ccc2c(CC(=O)Nc3ccc(S(=O)(=O)N(C)Cc4ccccc4)cc3)coc2c1. The molecule has 0 radical (unpaired) electrons. The van der Waals surface area contributed by atoms with Crippen molar-refractivity contribution in [2.45, 2.75) is 17.9 Å². The first-order valence-electron chi connectivity index (χ1n) is 10.3. The highest BCUT2D eigenvalue weighted by Gasteiger charge is 2.21. The fraction of sp³-hybridized carbons (Fsp3) is 0.160. The number of hydrogen-bond donors (Lipinski definition) is 1. The van der Waals surface area contributed by atoms with Crippen molar-refractivity contribution in [3.05, 3.63) is 90.2 Å². The topological polar surface area (TPSA) is 88.8 Å². The molecule has 1 aromatic heterocycles. The number of nitrogens with one attached hydrogen (secondary N) is 1. The van der Waals surface area contributed by atoms with Gasteiger partial charge in [0.15, 0.2) is 0 Å². The summed E-state index contributed by atoms with van der Waals surface area (Å²) < 4.78 is 37.8. The van der Waals surface area contributed by atoms with Crippen molar-refractivity contribution >= 4 is 32.6 Å². The minimum atomic E-state index is -3.66. The third-order valence-electron chi connectivity index (χ3n) is 5.31. The lowest BCUT2D eigenvalue weighted by Gasteiger charge is -2.17. The van der Waals surface area contributed by atoms with Crippen LogP contribution in [0.3, 0.4) is 0 Å². The minimum Gasteiger partial charge on any atom is -0.497 e. The van der Waals surface area contributed by atoms with Gasteiger partial charge in [0, 0.05) is 36.3 Å². The number of benzene rings is 3. The minimum absolute atomic E-state index is 0.124. The molecular formula is C25H24N2O5S. The number of furan rings is 1. The smallest absolute Gasteiger partial charge is 0.243 e. The summed E-state index contributed by atoms with van der Waals surface area (Å²) in [5, 5.41) is 3.64. The zero-order valence-corrected chi connectivity index (χ0v) is 19.1. The van der Waals surface area contributed by atoms with Crippen LogP contribution in [0.5, 0.6) is 5.75 Å². The Balaban J connectivity index is 1.41. The van der Waals surface area contributed by atoms with E-state index in [0.717, 1.165) is 16.5 Å². The van der Waals surface area contributed by atoms with E-state index in [4.69, 9.17) is 9.15 Å². The molecule has 0 aliphatic rings. The summed E-state index contributed by atoms with van der Waals surface area (Å²) in [6.07, 6.45) is 1.68. The summed E-state index contributed by atoms with van der Waals surface area (Å²) in [6, 6.07) is 21.0. The lowest BCUT2D eigenvalue weighted by molar-refractivity contribution is -0.115. The Morgan fingerprint density at radius 1 is 1.03 bits per heavy atom. The molecular weight excluding hydrogens is 440 g/mol. The van der Waals surface area contributed by atoms with Crippen molar-refractivity contribution < 1.29 is 22.4 Å². The second-order valence-corrected chi connectivity index (χ2v) is 9.66. The van der Waals surface area contributed by atoms with Crippen LogP contribution >= 0.6 is 0 Å². The van der Waals surface area contributed by atoms with E-state index in [9.17, 15) is 13.2 Å². The van der Waals surface area contributed by atoms with Crippen molar-refractivity contribution in [1.82, 2.24) is 4.31 Å². The Labute approximate surface area is 192 Å². The molecule has 1 amide bonds. The number of hydrogen-bond acceptors (Lipinski definition) is 5. The van der Waals surface area contributed by atoms with E-state index in [1.807, 2.05) is 42.5 Å². The summed E-state index contributed by atoms with van der Waals surface area (Å²) in [5.41, 5.74) is 2.81. The number of amides is 1. The van der Waals surface area contributed by atoms with E-state index < -0.39 is 10.0 Å². The molecule has 33 heavy (non-hydrogen) atoms. The van der Waals surface area contributed by atoms with Crippen LogP contribution in [0.1, 0.15) is 11.1 Å². The van der Waals surface area contributed by atoms with E-state index in [0.29, 0.717) is 17.0 Å². The quantitative estimate of drug-likeness (QED) is 0.416. The molecule has 0 bridgehead atoms. The average molecular weight is 465 g/mol. The fourth-order valence-electron chi connectivity index (χ4n) is 3.52. The monoisotopic (exact) mass is 464 g/mol. The van der Waals surface area contributed by atoms with Gasteiger partial charge < -0.3 is 14.5 Å². The van der Waals surface area contributed by atoms with Gasteiger partial charge in [-0.15, -0.1) is 0 Å². The molecule has 170 valence electrons.